The summed E-state index contributed by atoms with van der Waals surface area (Å²) in [6.07, 6.45) is 15.3. The van der Waals surface area contributed by atoms with E-state index in [1.54, 1.807) is 0 Å². The maximum Gasteiger partial charge on any atom is 0.141 e. The lowest BCUT2D eigenvalue weighted by atomic mass is 9.94. The van der Waals surface area contributed by atoms with E-state index in [0.29, 0.717) is 0 Å². The van der Waals surface area contributed by atoms with Gasteiger partial charge in [-0.1, -0.05) is 151 Å². The van der Waals surface area contributed by atoms with Crippen LogP contribution in [0.5, 0.6) is 0 Å². The molecule has 0 bridgehead atoms. The fourth-order valence-electron chi connectivity index (χ4n) is 6.94. The number of aromatic nitrogens is 4. The fraction of sp³-hybridized carbons (Fsp3) is 0.381. The summed E-state index contributed by atoms with van der Waals surface area (Å²) in [5.74, 6) is 2.11. The Morgan fingerprint density at radius 3 is 1.17 bits per heavy atom. The first-order valence-corrected chi connectivity index (χ1v) is 17.9. The fourth-order valence-corrected chi connectivity index (χ4v) is 6.94. The van der Waals surface area contributed by atoms with Crippen LogP contribution in [0.15, 0.2) is 97.1 Å². The molecule has 2 aromatic heterocycles. The summed E-state index contributed by atoms with van der Waals surface area (Å²) in [4.78, 5) is 10.5. The third-order valence-corrected chi connectivity index (χ3v) is 9.41. The SMILES string of the molecule is CCCCCCCCn1c(-c2ccccc2-c2ccccc2-c2nc3ccccc3n2CCCCCCCC)nc2ccccc21. The van der Waals surface area contributed by atoms with E-state index >= 15 is 0 Å². The third kappa shape index (κ3) is 7.12. The number of benzene rings is 4. The van der Waals surface area contributed by atoms with Gasteiger partial charge in [-0.3, -0.25) is 0 Å². The summed E-state index contributed by atoms with van der Waals surface area (Å²) < 4.78 is 4.93. The summed E-state index contributed by atoms with van der Waals surface area (Å²) in [7, 11) is 0. The number of rotatable bonds is 17. The van der Waals surface area contributed by atoms with Crippen molar-refractivity contribution in [3.63, 3.8) is 0 Å². The standard InChI is InChI=1S/C42H50N4/c1-3-5-7-9-11-21-31-45-39-29-19-17-27-37(39)43-41(45)35-25-15-13-23-33(35)34-24-14-16-26-36(34)42-44-38-28-18-20-30-40(38)46(42)32-22-12-10-8-6-4-2/h13-20,23-30H,3-12,21-22,31-32H2,1-2H3. The Labute approximate surface area is 275 Å². The van der Waals surface area contributed by atoms with Gasteiger partial charge in [-0.05, 0) is 48.2 Å². The molecule has 0 fully saturated rings. The maximum atomic E-state index is 5.27. The van der Waals surface area contributed by atoms with Gasteiger partial charge in [0.05, 0.1) is 22.1 Å². The van der Waals surface area contributed by atoms with Crippen molar-refractivity contribution >= 4 is 22.1 Å². The van der Waals surface area contributed by atoms with Crippen LogP contribution in [0.1, 0.15) is 90.9 Å². The monoisotopic (exact) mass is 610 g/mol. The molecule has 4 aromatic carbocycles. The highest BCUT2D eigenvalue weighted by Gasteiger charge is 2.21. The van der Waals surface area contributed by atoms with E-state index in [1.807, 2.05) is 0 Å². The van der Waals surface area contributed by atoms with Gasteiger partial charge in [-0.15, -0.1) is 0 Å². The highest BCUT2D eigenvalue weighted by molar-refractivity contribution is 5.93. The molecule has 46 heavy (non-hydrogen) atoms. The second-order valence-corrected chi connectivity index (χ2v) is 12.8. The largest absolute Gasteiger partial charge is 0.324 e. The molecule has 0 atom stereocenters. The van der Waals surface area contributed by atoms with Crippen LogP contribution in [0, 0.1) is 0 Å². The van der Waals surface area contributed by atoms with E-state index in [9.17, 15) is 0 Å². The lowest BCUT2D eigenvalue weighted by Crippen LogP contribution is -2.03. The van der Waals surface area contributed by atoms with E-state index in [-0.39, 0.29) is 0 Å². The van der Waals surface area contributed by atoms with Crippen LogP contribution in [0.3, 0.4) is 0 Å². The number of nitrogens with zero attached hydrogens (tertiary/aromatic N) is 4. The molecule has 4 heteroatoms. The summed E-state index contributed by atoms with van der Waals surface area (Å²) in [5, 5.41) is 0. The number of hydrogen-bond donors (Lipinski definition) is 0. The Morgan fingerprint density at radius 1 is 0.391 bits per heavy atom. The van der Waals surface area contributed by atoms with Gasteiger partial charge in [0.25, 0.3) is 0 Å². The van der Waals surface area contributed by atoms with Crippen LogP contribution in [-0.2, 0) is 13.1 Å². The Kier molecular flexibility index (Phi) is 11.0. The van der Waals surface area contributed by atoms with E-state index < -0.39 is 0 Å². The van der Waals surface area contributed by atoms with Crippen LogP contribution in [0.4, 0.5) is 0 Å². The van der Waals surface area contributed by atoms with E-state index in [4.69, 9.17) is 9.97 Å². The van der Waals surface area contributed by atoms with Gasteiger partial charge in [0, 0.05) is 24.2 Å². The zero-order valence-corrected chi connectivity index (χ0v) is 27.9. The van der Waals surface area contributed by atoms with Crippen molar-refractivity contribution in [3.05, 3.63) is 97.1 Å². The minimum Gasteiger partial charge on any atom is -0.324 e. The molecule has 0 aliphatic heterocycles. The molecule has 0 saturated heterocycles. The topological polar surface area (TPSA) is 35.6 Å². The van der Waals surface area contributed by atoms with Crippen LogP contribution >= 0.6 is 0 Å². The predicted octanol–water partition coefficient (Wildman–Crippen LogP) is 12.1. The lowest BCUT2D eigenvalue weighted by molar-refractivity contribution is 0.566. The van der Waals surface area contributed by atoms with Gasteiger partial charge >= 0.3 is 0 Å². The minimum atomic E-state index is 0.978. The van der Waals surface area contributed by atoms with E-state index in [0.717, 1.165) is 48.6 Å². The summed E-state index contributed by atoms with van der Waals surface area (Å²) in [6.45, 7) is 6.52. The summed E-state index contributed by atoms with van der Waals surface area (Å²) in [5.41, 5.74) is 9.32. The molecule has 0 aliphatic rings. The molecule has 0 amide bonds. The molecular weight excluding hydrogens is 560 g/mol. The molecule has 0 N–H and O–H groups in total. The van der Waals surface area contributed by atoms with Gasteiger partial charge < -0.3 is 9.13 Å². The van der Waals surface area contributed by atoms with Gasteiger partial charge in [0.1, 0.15) is 11.6 Å². The average molecular weight is 611 g/mol. The number of aryl methyl sites for hydroxylation is 2. The Hall–Kier alpha value is -4.18. The second-order valence-electron chi connectivity index (χ2n) is 12.8. The van der Waals surface area contributed by atoms with Gasteiger partial charge in [0.2, 0.25) is 0 Å². The predicted molar refractivity (Wildman–Crippen MR) is 196 cm³/mol. The number of unbranched alkanes of at least 4 members (excludes halogenated alkanes) is 10. The van der Waals surface area contributed by atoms with Crippen molar-refractivity contribution in [2.75, 3.05) is 0 Å². The molecule has 0 unspecified atom stereocenters. The first-order valence-electron chi connectivity index (χ1n) is 17.9. The number of hydrogen-bond acceptors (Lipinski definition) is 2. The smallest absolute Gasteiger partial charge is 0.141 e. The molecule has 0 radical (unpaired) electrons. The number of para-hydroxylation sites is 4. The highest BCUT2D eigenvalue weighted by Crippen LogP contribution is 2.39. The number of imidazole rings is 2. The Morgan fingerprint density at radius 2 is 0.739 bits per heavy atom. The molecule has 0 saturated carbocycles. The Balaban J connectivity index is 1.39. The summed E-state index contributed by atoms with van der Waals surface area (Å²) >= 11 is 0. The molecule has 0 aliphatic carbocycles. The van der Waals surface area contributed by atoms with E-state index in [2.05, 4.69) is 120 Å². The molecule has 2 heterocycles. The van der Waals surface area contributed by atoms with Crippen LogP contribution in [0.2, 0.25) is 0 Å². The van der Waals surface area contributed by atoms with Crippen LogP contribution in [0.25, 0.3) is 56.0 Å². The Bertz CT molecular complexity index is 1710. The zero-order chi connectivity index (χ0) is 31.6. The highest BCUT2D eigenvalue weighted by atomic mass is 15.1. The zero-order valence-electron chi connectivity index (χ0n) is 27.9. The third-order valence-electron chi connectivity index (χ3n) is 9.41. The van der Waals surface area contributed by atoms with Crippen molar-refractivity contribution < 1.29 is 0 Å². The minimum absolute atomic E-state index is 0.978. The lowest BCUT2D eigenvalue weighted by Gasteiger charge is -2.17. The second kappa shape index (κ2) is 15.9. The van der Waals surface area contributed by atoms with Gasteiger partial charge in [-0.2, -0.15) is 0 Å². The van der Waals surface area contributed by atoms with Crippen molar-refractivity contribution in [2.24, 2.45) is 0 Å². The maximum absolute atomic E-state index is 5.27. The number of fused-ring (bicyclic) bond motifs is 2. The average Bonchev–Trinajstić information content (AvgIpc) is 3.66. The molecule has 6 aromatic rings. The molecule has 238 valence electrons. The van der Waals surface area contributed by atoms with Crippen molar-refractivity contribution in [1.82, 2.24) is 19.1 Å². The van der Waals surface area contributed by atoms with E-state index in [1.165, 1.54) is 97.5 Å². The summed E-state index contributed by atoms with van der Waals surface area (Å²) in [6, 6.07) is 34.9. The quantitative estimate of drug-likeness (QED) is 0.0963. The van der Waals surface area contributed by atoms with Crippen molar-refractivity contribution in [1.29, 1.82) is 0 Å². The first-order chi connectivity index (χ1) is 22.8. The molecular formula is C42H50N4. The van der Waals surface area contributed by atoms with Crippen molar-refractivity contribution in [2.45, 2.75) is 104 Å². The molecule has 4 nitrogen and oxygen atoms in total. The molecule has 0 spiro atoms. The van der Waals surface area contributed by atoms with Crippen LogP contribution < -0.4 is 0 Å². The van der Waals surface area contributed by atoms with Gasteiger partial charge in [0.15, 0.2) is 0 Å². The van der Waals surface area contributed by atoms with Crippen molar-refractivity contribution in [3.8, 4) is 33.9 Å². The molecule has 6 rings (SSSR count). The normalized spacial score (nSPS) is 11.6. The first kappa shape index (κ1) is 31.8. The van der Waals surface area contributed by atoms with Gasteiger partial charge in [-0.25, -0.2) is 9.97 Å². The van der Waals surface area contributed by atoms with Crippen LogP contribution in [-0.4, -0.2) is 19.1 Å².